The number of Topliss-reactive ketones (excluding diaryl/α,β-unsaturated/α-hetero) is 1. The molecular weight excluding hydrogens is 200 g/mol. The minimum absolute atomic E-state index is 0.0775. The van der Waals surface area contributed by atoms with Crippen LogP contribution in [0.1, 0.15) is 25.2 Å². The molecule has 0 aliphatic rings. The van der Waals surface area contributed by atoms with E-state index in [0.717, 1.165) is 5.56 Å². The molecule has 82 valence electrons. The van der Waals surface area contributed by atoms with Gasteiger partial charge in [-0.25, -0.2) is 0 Å². The number of ketones is 1. The molecule has 1 heterocycles. The van der Waals surface area contributed by atoms with Crippen molar-refractivity contribution < 1.29 is 9.21 Å². The summed E-state index contributed by atoms with van der Waals surface area (Å²) in [7, 11) is 0. The first-order chi connectivity index (χ1) is 7.65. The maximum Gasteiger partial charge on any atom is 0.147 e. The second-order valence-corrected chi connectivity index (χ2v) is 4.02. The van der Waals surface area contributed by atoms with Crippen LogP contribution in [0.4, 0.5) is 0 Å². The molecule has 0 unspecified atom stereocenters. The van der Waals surface area contributed by atoms with E-state index in [1.807, 2.05) is 43.3 Å². The highest BCUT2D eigenvalue weighted by atomic mass is 16.3. The molecule has 2 heteroatoms. The quantitative estimate of drug-likeness (QED) is 0.785. The van der Waals surface area contributed by atoms with Crippen molar-refractivity contribution in [3.05, 3.63) is 60.1 Å². The van der Waals surface area contributed by atoms with Gasteiger partial charge in [0, 0.05) is 0 Å². The second kappa shape index (κ2) is 3.97. The van der Waals surface area contributed by atoms with Crippen molar-refractivity contribution in [3.8, 4) is 0 Å². The van der Waals surface area contributed by atoms with Crippen LogP contribution >= 0.6 is 0 Å². The lowest BCUT2D eigenvalue weighted by Crippen LogP contribution is -2.31. The van der Waals surface area contributed by atoms with Gasteiger partial charge in [0.05, 0.1) is 6.26 Å². The predicted molar refractivity (Wildman–Crippen MR) is 62.3 cm³/mol. The highest BCUT2D eigenvalue weighted by molar-refractivity contribution is 5.90. The molecule has 0 fully saturated rings. The number of rotatable bonds is 3. The maximum absolute atomic E-state index is 11.9. The van der Waals surface area contributed by atoms with Gasteiger partial charge in [-0.05, 0) is 31.5 Å². The predicted octanol–water partition coefficient (Wildman–Crippen LogP) is 3.17. The molecule has 0 saturated heterocycles. The molecule has 0 spiro atoms. The summed E-state index contributed by atoms with van der Waals surface area (Å²) in [6.45, 7) is 3.49. The molecule has 0 radical (unpaired) electrons. The second-order valence-electron chi connectivity index (χ2n) is 4.02. The molecule has 1 atom stereocenters. The Morgan fingerprint density at radius 1 is 1.12 bits per heavy atom. The molecule has 2 aromatic rings. The van der Waals surface area contributed by atoms with Gasteiger partial charge in [0.25, 0.3) is 0 Å². The van der Waals surface area contributed by atoms with Gasteiger partial charge in [-0.15, -0.1) is 0 Å². The molecule has 2 nitrogen and oxygen atoms in total. The smallest absolute Gasteiger partial charge is 0.147 e. The highest BCUT2D eigenvalue weighted by Gasteiger charge is 2.36. The summed E-state index contributed by atoms with van der Waals surface area (Å²) in [5, 5.41) is 0. The Labute approximate surface area is 94.9 Å². The molecule has 0 N–H and O–H groups in total. The number of furan rings is 1. The number of hydrogen-bond donors (Lipinski definition) is 0. The Bertz CT molecular complexity index is 471. The van der Waals surface area contributed by atoms with E-state index in [1.54, 1.807) is 19.3 Å². The van der Waals surface area contributed by atoms with Crippen LogP contribution in [-0.4, -0.2) is 5.78 Å². The molecular formula is C14H14O2. The van der Waals surface area contributed by atoms with E-state index in [9.17, 15) is 4.79 Å². The fraction of sp³-hybridized carbons (Fsp3) is 0.214. The van der Waals surface area contributed by atoms with Crippen molar-refractivity contribution in [1.82, 2.24) is 0 Å². The van der Waals surface area contributed by atoms with Crippen molar-refractivity contribution in [2.45, 2.75) is 19.3 Å². The van der Waals surface area contributed by atoms with Gasteiger partial charge in [-0.3, -0.25) is 4.79 Å². The lowest BCUT2D eigenvalue weighted by atomic mass is 9.77. The molecule has 0 aliphatic heterocycles. The van der Waals surface area contributed by atoms with Crippen molar-refractivity contribution in [2.75, 3.05) is 0 Å². The molecule has 1 aromatic carbocycles. The van der Waals surface area contributed by atoms with E-state index >= 15 is 0 Å². The Hall–Kier alpha value is -1.83. The normalized spacial score (nSPS) is 14.4. The van der Waals surface area contributed by atoms with Gasteiger partial charge in [0.2, 0.25) is 0 Å². The van der Waals surface area contributed by atoms with Crippen molar-refractivity contribution >= 4 is 5.78 Å². The molecule has 16 heavy (non-hydrogen) atoms. The minimum atomic E-state index is -0.690. The highest BCUT2D eigenvalue weighted by Crippen LogP contribution is 2.32. The summed E-state index contributed by atoms with van der Waals surface area (Å²) in [4.78, 5) is 11.9. The van der Waals surface area contributed by atoms with Crippen LogP contribution in [0.15, 0.2) is 53.1 Å². The van der Waals surface area contributed by atoms with Crippen molar-refractivity contribution in [2.24, 2.45) is 0 Å². The lowest BCUT2D eigenvalue weighted by molar-refractivity contribution is -0.121. The number of hydrogen-bond acceptors (Lipinski definition) is 2. The van der Waals surface area contributed by atoms with Gasteiger partial charge >= 0.3 is 0 Å². The van der Waals surface area contributed by atoms with E-state index in [-0.39, 0.29) is 5.78 Å². The van der Waals surface area contributed by atoms with Crippen LogP contribution < -0.4 is 0 Å². The maximum atomic E-state index is 11.9. The topological polar surface area (TPSA) is 30.2 Å². The zero-order valence-corrected chi connectivity index (χ0v) is 9.44. The third-order valence-corrected chi connectivity index (χ3v) is 3.07. The summed E-state index contributed by atoms with van der Waals surface area (Å²) in [6.07, 6.45) is 1.60. The summed E-state index contributed by atoms with van der Waals surface area (Å²) < 4.78 is 5.39. The van der Waals surface area contributed by atoms with Gasteiger partial charge in [-0.1, -0.05) is 30.3 Å². The van der Waals surface area contributed by atoms with Crippen LogP contribution in [0.25, 0.3) is 0 Å². The van der Waals surface area contributed by atoms with Gasteiger partial charge in [0.15, 0.2) is 0 Å². The fourth-order valence-corrected chi connectivity index (χ4v) is 1.85. The first-order valence-electron chi connectivity index (χ1n) is 5.26. The number of carbonyl (C=O) groups excluding carboxylic acids is 1. The lowest BCUT2D eigenvalue weighted by Gasteiger charge is -2.24. The average Bonchev–Trinajstić information content (AvgIpc) is 2.82. The van der Waals surface area contributed by atoms with Crippen LogP contribution in [-0.2, 0) is 10.2 Å². The number of benzene rings is 1. The van der Waals surface area contributed by atoms with Gasteiger partial charge < -0.3 is 4.42 Å². The zero-order valence-electron chi connectivity index (χ0n) is 9.44. The monoisotopic (exact) mass is 214 g/mol. The number of carbonyl (C=O) groups is 1. The Morgan fingerprint density at radius 2 is 1.81 bits per heavy atom. The standard InChI is InChI=1S/C14H14O2/c1-11(15)14(2,13-9-6-10-16-13)12-7-4-3-5-8-12/h3-10H,1-2H3/t14-/m1/s1. The van der Waals surface area contributed by atoms with Crippen LogP contribution in [0, 0.1) is 0 Å². The largest absolute Gasteiger partial charge is 0.468 e. The first-order valence-corrected chi connectivity index (χ1v) is 5.26. The van der Waals surface area contributed by atoms with E-state index in [1.165, 1.54) is 0 Å². The summed E-state index contributed by atoms with van der Waals surface area (Å²) >= 11 is 0. The molecule has 1 aromatic heterocycles. The summed E-state index contributed by atoms with van der Waals surface area (Å²) in [6, 6.07) is 13.3. The zero-order chi connectivity index (χ0) is 11.6. The Morgan fingerprint density at radius 3 is 2.31 bits per heavy atom. The van der Waals surface area contributed by atoms with Crippen molar-refractivity contribution in [3.63, 3.8) is 0 Å². The van der Waals surface area contributed by atoms with E-state index in [4.69, 9.17) is 4.42 Å². The average molecular weight is 214 g/mol. The third kappa shape index (κ3) is 1.56. The summed E-state index contributed by atoms with van der Waals surface area (Å²) in [5.41, 5.74) is 0.266. The van der Waals surface area contributed by atoms with Gasteiger partial charge in [-0.2, -0.15) is 0 Å². The molecule has 0 saturated carbocycles. The van der Waals surface area contributed by atoms with Crippen LogP contribution in [0.5, 0.6) is 0 Å². The molecule has 0 aliphatic carbocycles. The molecule has 2 rings (SSSR count). The van der Waals surface area contributed by atoms with E-state index in [2.05, 4.69) is 0 Å². The summed E-state index contributed by atoms with van der Waals surface area (Å²) in [5.74, 6) is 0.764. The van der Waals surface area contributed by atoms with E-state index in [0.29, 0.717) is 5.76 Å². The Balaban J connectivity index is 2.58. The first kappa shape index (κ1) is 10.7. The third-order valence-electron chi connectivity index (χ3n) is 3.07. The fourth-order valence-electron chi connectivity index (χ4n) is 1.85. The van der Waals surface area contributed by atoms with Gasteiger partial charge in [0.1, 0.15) is 17.0 Å². The molecule has 0 amide bonds. The van der Waals surface area contributed by atoms with Crippen LogP contribution in [0.2, 0.25) is 0 Å². The SMILES string of the molecule is CC(=O)[C@](C)(c1ccccc1)c1ccco1. The minimum Gasteiger partial charge on any atom is -0.468 e. The van der Waals surface area contributed by atoms with Crippen LogP contribution in [0.3, 0.4) is 0 Å². The Kier molecular flexibility index (Phi) is 2.65. The van der Waals surface area contributed by atoms with E-state index < -0.39 is 5.41 Å². The molecule has 0 bridgehead atoms. The van der Waals surface area contributed by atoms with Crippen molar-refractivity contribution in [1.29, 1.82) is 0 Å².